The van der Waals surface area contributed by atoms with Gasteiger partial charge in [-0.15, -0.1) is 0 Å². The van der Waals surface area contributed by atoms with Gasteiger partial charge in [-0.3, -0.25) is 4.79 Å². The summed E-state index contributed by atoms with van der Waals surface area (Å²) < 4.78 is 2.11. The predicted molar refractivity (Wildman–Crippen MR) is 88.5 cm³/mol. The van der Waals surface area contributed by atoms with Gasteiger partial charge in [-0.25, -0.2) is 0 Å². The van der Waals surface area contributed by atoms with Crippen LogP contribution in [0.2, 0.25) is 0 Å². The highest BCUT2D eigenvalue weighted by molar-refractivity contribution is 5.84. The number of rotatable bonds is 4. The summed E-state index contributed by atoms with van der Waals surface area (Å²) in [7, 11) is 0. The van der Waals surface area contributed by atoms with E-state index in [0.717, 1.165) is 31.2 Å². The lowest BCUT2D eigenvalue weighted by Gasteiger charge is -2.37. The molecule has 0 saturated heterocycles. The molecule has 22 heavy (non-hydrogen) atoms. The van der Waals surface area contributed by atoms with Crippen LogP contribution < -0.4 is 5.32 Å². The van der Waals surface area contributed by atoms with Crippen LogP contribution >= 0.6 is 0 Å². The number of amides is 1. The largest absolute Gasteiger partial charge is 0.350 e. The molecule has 1 aliphatic carbocycles. The van der Waals surface area contributed by atoms with E-state index in [1.165, 1.54) is 12.0 Å². The minimum Gasteiger partial charge on any atom is -0.350 e. The Morgan fingerprint density at radius 3 is 2.36 bits per heavy atom. The number of carbonyl (C=O) groups excluding carboxylic acids is 1. The van der Waals surface area contributed by atoms with Gasteiger partial charge in [-0.05, 0) is 37.5 Å². The van der Waals surface area contributed by atoms with E-state index in [-0.39, 0.29) is 5.91 Å². The molecular formula is C19H24N2O. The second-order valence-electron chi connectivity index (χ2n) is 6.35. The number of benzene rings is 1. The molecule has 1 aliphatic rings. The fraction of sp³-hybridized carbons (Fsp3) is 0.421. The second-order valence-corrected chi connectivity index (χ2v) is 6.35. The van der Waals surface area contributed by atoms with Crippen molar-refractivity contribution in [1.82, 2.24) is 9.88 Å². The van der Waals surface area contributed by atoms with Crippen LogP contribution in [-0.4, -0.2) is 10.5 Å². The van der Waals surface area contributed by atoms with Crippen LogP contribution in [0.15, 0.2) is 48.8 Å². The maximum atomic E-state index is 12.9. The molecule has 2 aromatic rings. The van der Waals surface area contributed by atoms with Crippen LogP contribution in [0.3, 0.4) is 0 Å². The first-order chi connectivity index (χ1) is 10.7. The molecule has 1 heterocycles. The maximum Gasteiger partial charge on any atom is 0.246 e. The summed E-state index contributed by atoms with van der Waals surface area (Å²) in [6.45, 7) is 2.67. The van der Waals surface area contributed by atoms with Gasteiger partial charge in [-0.2, -0.15) is 0 Å². The average Bonchev–Trinajstić information content (AvgIpc) is 3.09. The zero-order chi connectivity index (χ0) is 15.4. The smallest absolute Gasteiger partial charge is 0.246 e. The molecule has 0 radical (unpaired) electrons. The highest BCUT2D eigenvalue weighted by Gasteiger charge is 2.40. The zero-order valence-electron chi connectivity index (χ0n) is 13.2. The minimum atomic E-state index is -0.396. The van der Waals surface area contributed by atoms with Crippen LogP contribution in [-0.2, 0) is 16.9 Å². The average molecular weight is 296 g/mol. The standard InChI is InChI=1S/C19H24N2O/c1-16-7-9-17(10-8-16)15-20-18(22)19(11-3-2-4-12-19)21-13-5-6-14-21/h5-10,13-14H,2-4,11-12,15H2,1H3,(H,20,22). The third-order valence-electron chi connectivity index (χ3n) is 4.78. The Labute approximate surface area is 132 Å². The minimum absolute atomic E-state index is 0.156. The Morgan fingerprint density at radius 1 is 1.09 bits per heavy atom. The molecule has 0 unspecified atom stereocenters. The van der Waals surface area contributed by atoms with E-state index >= 15 is 0 Å². The molecule has 1 amide bonds. The molecule has 116 valence electrons. The topological polar surface area (TPSA) is 34.0 Å². The van der Waals surface area contributed by atoms with Gasteiger partial charge in [0.25, 0.3) is 0 Å². The second kappa shape index (κ2) is 6.39. The van der Waals surface area contributed by atoms with E-state index in [4.69, 9.17) is 0 Å². The molecule has 1 N–H and O–H groups in total. The van der Waals surface area contributed by atoms with Crippen molar-refractivity contribution in [2.24, 2.45) is 0 Å². The van der Waals surface area contributed by atoms with Crippen LogP contribution in [0.4, 0.5) is 0 Å². The third-order valence-corrected chi connectivity index (χ3v) is 4.78. The predicted octanol–water partition coefficient (Wildman–Crippen LogP) is 3.77. The van der Waals surface area contributed by atoms with Gasteiger partial charge < -0.3 is 9.88 Å². The normalized spacial score (nSPS) is 17.1. The van der Waals surface area contributed by atoms with Crippen molar-refractivity contribution in [2.75, 3.05) is 0 Å². The van der Waals surface area contributed by atoms with E-state index in [1.807, 2.05) is 24.5 Å². The van der Waals surface area contributed by atoms with Crippen LogP contribution in [0.5, 0.6) is 0 Å². The highest BCUT2D eigenvalue weighted by atomic mass is 16.2. The fourth-order valence-electron chi connectivity index (χ4n) is 3.41. The SMILES string of the molecule is Cc1ccc(CNC(=O)C2(n3cccc3)CCCCC2)cc1. The van der Waals surface area contributed by atoms with E-state index in [0.29, 0.717) is 6.54 Å². The summed E-state index contributed by atoms with van der Waals surface area (Å²) in [5, 5.41) is 3.16. The van der Waals surface area contributed by atoms with E-state index in [2.05, 4.69) is 41.1 Å². The number of nitrogens with one attached hydrogen (secondary N) is 1. The quantitative estimate of drug-likeness (QED) is 0.915. The van der Waals surface area contributed by atoms with Crippen molar-refractivity contribution < 1.29 is 4.79 Å². The van der Waals surface area contributed by atoms with Crippen molar-refractivity contribution in [3.63, 3.8) is 0 Å². The van der Waals surface area contributed by atoms with Gasteiger partial charge >= 0.3 is 0 Å². The van der Waals surface area contributed by atoms with Crippen molar-refractivity contribution in [1.29, 1.82) is 0 Å². The molecular weight excluding hydrogens is 272 g/mol. The summed E-state index contributed by atoms with van der Waals surface area (Å²) in [6.07, 6.45) is 9.39. The number of aromatic nitrogens is 1. The van der Waals surface area contributed by atoms with Gasteiger partial charge in [-0.1, -0.05) is 49.1 Å². The van der Waals surface area contributed by atoms with Crippen molar-refractivity contribution in [3.8, 4) is 0 Å². The Morgan fingerprint density at radius 2 is 1.73 bits per heavy atom. The first-order valence-electron chi connectivity index (χ1n) is 8.18. The summed E-state index contributed by atoms with van der Waals surface area (Å²) in [5.74, 6) is 0.156. The van der Waals surface area contributed by atoms with Crippen LogP contribution in [0.25, 0.3) is 0 Å². The van der Waals surface area contributed by atoms with Crippen molar-refractivity contribution in [3.05, 3.63) is 59.9 Å². The van der Waals surface area contributed by atoms with E-state index < -0.39 is 5.54 Å². The molecule has 3 rings (SSSR count). The maximum absolute atomic E-state index is 12.9. The summed E-state index contributed by atoms with van der Waals surface area (Å²) in [4.78, 5) is 12.9. The number of carbonyl (C=O) groups is 1. The molecule has 0 spiro atoms. The lowest BCUT2D eigenvalue weighted by Crippen LogP contribution is -2.49. The van der Waals surface area contributed by atoms with E-state index in [9.17, 15) is 4.79 Å². The summed E-state index contributed by atoms with van der Waals surface area (Å²) >= 11 is 0. The number of aryl methyl sites for hydroxylation is 1. The summed E-state index contributed by atoms with van der Waals surface area (Å²) in [6, 6.07) is 12.3. The number of hydrogen-bond acceptors (Lipinski definition) is 1. The zero-order valence-corrected chi connectivity index (χ0v) is 13.2. The molecule has 1 saturated carbocycles. The van der Waals surface area contributed by atoms with Gasteiger partial charge in [0, 0.05) is 18.9 Å². The van der Waals surface area contributed by atoms with Gasteiger partial charge in [0.05, 0.1) is 0 Å². The van der Waals surface area contributed by atoms with Crippen LogP contribution in [0.1, 0.15) is 43.2 Å². The molecule has 0 aliphatic heterocycles. The third kappa shape index (κ3) is 2.94. The van der Waals surface area contributed by atoms with Crippen molar-refractivity contribution in [2.45, 2.75) is 51.1 Å². The molecule has 3 nitrogen and oxygen atoms in total. The van der Waals surface area contributed by atoms with E-state index in [1.54, 1.807) is 0 Å². The lowest BCUT2D eigenvalue weighted by atomic mass is 9.80. The monoisotopic (exact) mass is 296 g/mol. The molecule has 1 aromatic heterocycles. The number of hydrogen-bond donors (Lipinski definition) is 1. The molecule has 0 atom stereocenters. The Kier molecular flexibility index (Phi) is 4.32. The van der Waals surface area contributed by atoms with Gasteiger partial charge in [0.15, 0.2) is 0 Å². The summed E-state index contributed by atoms with van der Waals surface area (Å²) in [5.41, 5.74) is 2.00. The Bertz CT molecular complexity index is 607. The fourth-order valence-corrected chi connectivity index (χ4v) is 3.41. The number of nitrogens with zero attached hydrogens (tertiary/aromatic N) is 1. The van der Waals surface area contributed by atoms with Crippen LogP contribution in [0, 0.1) is 6.92 Å². The lowest BCUT2D eigenvalue weighted by molar-refractivity contribution is -0.131. The molecule has 1 fully saturated rings. The Hall–Kier alpha value is -2.03. The van der Waals surface area contributed by atoms with Crippen molar-refractivity contribution >= 4 is 5.91 Å². The molecule has 0 bridgehead atoms. The first-order valence-corrected chi connectivity index (χ1v) is 8.18. The Balaban J connectivity index is 1.74. The highest BCUT2D eigenvalue weighted by Crippen LogP contribution is 2.35. The van der Waals surface area contributed by atoms with Gasteiger partial charge in [0.2, 0.25) is 5.91 Å². The molecule has 3 heteroatoms. The van der Waals surface area contributed by atoms with Gasteiger partial charge in [0.1, 0.15) is 5.54 Å². The first kappa shape index (κ1) is 14.9. The molecule has 1 aromatic carbocycles.